The summed E-state index contributed by atoms with van der Waals surface area (Å²) in [5, 5.41) is 10.9. The number of fused-ring (bicyclic) bond motifs is 1. The van der Waals surface area contributed by atoms with Gasteiger partial charge in [-0.25, -0.2) is 4.98 Å². The third-order valence-electron chi connectivity index (χ3n) is 5.07. The first-order chi connectivity index (χ1) is 13.5. The fourth-order valence-corrected chi connectivity index (χ4v) is 3.45. The smallest absolute Gasteiger partial charge is 0.259 e. The van der Waals surface area contributed by atoms with Gasteiger partial charge in [-0.3, -0.25) is 14.6 Å². The molecule has 0 radical (unpaired) electrons. The van der Waals surface area contributed by atoms with Gasteiger partial charge in [0.1, 0.15) is 5.82 Å². The second-order valence-electron chi connectivity index (χ2n) is 6.99. The molecular weight excluding hydrogens is 356 g/mol. The monoisotopic (exact) mass is 376 g/mol. The van der Waals surface area contributed by atoms with E-state index in [2.05, 4.69) is 15.0 Å². The molecule has 3 aromatic rings. The van der Waals surface area contributed by atoms with Gasteiger partial charge in [0, 0.05) is 30.1 Å². The Bertz CT molecular complexity index is 1060. The third-order valence-corrected chi connectivity index (χ3v) is 5.07. The summed E-state index contributed by atoms with van der Waals surface area (Å²) in [6.45, 7) is 2.03. The Morgan fingerprint density at radius 2 is 1.89 bits per heavy atom. The molecule has 7 nitrogen and oxygen atoms in total. The molecule has 28 heavy (non-hydrogen) atoms. The van der Waals surface area contributed by atoms with E-state index in [1.165, 1.54) is 6.92 Å². The van der Waals surface area contributed by atoms with Crippen molar-refractivity contribution >= 4 is 5.91 Å². The van der Waals surface area contributed by atoms with Gasteiger partial charge in [0.15, 0.2) is 5.60 Å². The SMILES string of the molecule is C[C@@](O)(C(=O)N1CCc2c(nc(-c3ccncc3)[nH]c2=O)C1)c1ccccc1. The Balaban J connectivity index is 1.65. The number of nitrogens with zero attached hydrogens (tertiary/aromatic N) is 3. The van der Waals surface area contributed by atoms with Crippen LogP contribution in [0.15, 0.2) is 59.7 Å². The van der Waals surface area contributed by atoms with Crippen molar-refractivity contribution < 1.29 is 9.90 Å². The molecule has 7 heteroatoms. The highest BCUT2D eigenvalue weighted by molar-refractivity contribution is 5.86. The lowest BCUT2D eigenvalue weighted by Gasteiger charge is -2.34. The van der Waals surface area contributed by atoms with Crippen molar-refractivity contribution in [3.63, 3.8) is 0 Å². The summed E-state index contributed by atoms with van der Waals surface area (Å²) in [5.74, 6) is 0.0344. The number of hydrogen-bond acceptors (Lipinski definition) is 5. The predicted octanol–water partition coefficient (Wildman–Crippen LogP) is 1.62. The van der Waals surface area contributed by atoms with Crippen molar-refractivity contribution in [2.75, 3.05) is 6.54 Å². The number of carbonyl (C=O) groups is 1. The first kappa shape index (κ1) is 18.1. The minimum Gasteiger partial charge on any atom is -0.376 e. The second kappa shape index (κ2) is 7.01. The third kappa shape index (κ3) is 3.20. The molecule has 0 bridgehead atoms. The van der Waals surface area contributed by atoms with Gasteiger partial charge in [-0.05, 0) is 31.0 Å². The standard InChI is InChI=1S/C21H20N4O3/c1-21(28,15-5-3-2-4-6-15)20(27)25-12-9-16-17(13-25)23-18(24-19(16)26)14-7-10-22-11-8-14/h2-8,10-11,28H,9,12-13H2,1H3,(H,23,24,26)/t21-/m0/s1. The van der Waals surface area contributed by atoms with Crippen LogP contribution in [0.25, 0.3) is 11.4 Å². The van der Waals surface area contributed by atoms with Gasteiger partial charge in [-0.15, -0.1) is 0 Å². The van der Waals surface area contributed by atoms with E-state index in [0.717, 1.165) is 5.56 Å². The van der Waals surface area contributed by atoms with Crippen molar-refractivity contribution in [1.29, 1.82) is 0 Å². The van der Waals surface area contributed by atoms with Gasteiger partial charge >= 0.3 is 0 Å². The number of H-pyrrole nitrogens is 1. The van der Waals surface area contributed by atoms with Crippen molar-refractivity contribution in [2.45, 2.75) is 25.5 Å². The van der Waals surface area contributed by atoms with E-state index in [0.29, 0.717) is 35.6 Å². The minimum absolute atomic E-state index is 0.180. The number of nitrogens with one attached hydrogen (secondary N) is 1. The highest BCUT2D eigenvalue weighted by Gasteiger charge is 2.38. The van der Waals surface area contributed by atoms with Gasteiger partial charge in [-0.2, -0.15) is 0 Å². The van der Waals surface area contributed by atoms with E-state index in [4.69, 9.17) is 0 Å². The molecule has 1 aromatic carbocycles. The molecule has 0 fully saturated rings. The number of amides is 1. The van der Waals surface area contributed by atoms with Gasteiger partial charge in [-0.1, -0.05) is 30.3 Å². The molecule has 1 aliphatic rings. The molecule has 2 N–H and O–H groups in total. The molecule has 0 spiro atoms. The average Bonchev–Trinajstić information content (AvgIpc) is 2.74. The van der Waals surface area contributed by atoms with Crippen molar-refractivity contribution in [2.24, 2.45) is 0 Å². The quantitative estimate of drug-likeness (QED) is 0.724. The number of hydrogen-bond donors (Lipinski definition) is 2. The van der Waals surface area contributed by atoms with Crippen molar-refractivity contribution in [3.8, 4) is 11.4 Å². The van der Waals surface area contributed by atoms with Gasteiger partial charge in [0.2, 0.25) is 0 Å². The molecule has 1 aliphatic heterocycles. The topological polar surface area (TPSA) is 99.2 Å². The van der Waals surface area contributed by atoms with E-state index in [1.54, 1.807) is 53.7 Å². The number of aliphatic hydroxyl groups is 1. The lowest BCUT2D eigenvalue weighted by atomic mass is 9.93. The number of benzene rings is 1. The van der Waals surface area contributed by atoms with Crippen LogP contribution >= 0.6 is 0 Å². The molecular formula is C21H20N4O3. The molecule has 1 amide bonds. The molecule has 0 saturated carbocycles. The van der Waals surface area contributed by atoms with E-state index >= 15 is 0 Å². The summed E-state index contributed by atoms with van der Waals surface area (Å²) in [6.07, 6.45) is 3.65. The molecule has 142 valence electrons. The summed E-state index contributed by atoms with van der Waals surface area (Å²) in [6, 6.07) is 12.4. The first-order valence-corrected chi connectivity index (χ1v) is 9.06. The number of rotatable bonds is 3. The molecule has 1 atom stereocenters. The van der Waals surface area contributed by atoms with Gasteiger partial charge < -0.3 is 15.0 Å². The second-order valence-corrected chi connectivity index (χ2v) is 6.99. The summed E-state index contributed by atoms with van der Waals surface area (Å²) in [7, 11) is 0. The normalized spacial score (nSPS) is 15.6. The molecule has 0 saturated heterocycles. The van der Waals surface area contributed by atoms with Crippen LogP contribution in [0.3, 0.4) is 0 Å². The highest BCUT2D eigenvalue weighted by Crippen LogP contribution is 2.26. The zero-order chi connectivity index (χ0) is 19.7. The highest BCUT2D eigenvalue weighted by atomic mass is 16.3. The maximum absolute atomic E-state index is 13.0. The van der Waals surface area contributed by atoms with E-state index < -0.39 is 11.5 Å². The van der Waals surface area contributed by atoms with E-state index in [1.807, 2.05) is 6.07 Å². The van der Waals surface area contributed by atoms with Crippen molar-refractivity contribution in [1.82, 2.24) is 19.9 Å². The van der Waals surface area contributed by atoms with Crippen LogP contribution < -0.4 is 5.56 Å². The van der Waals surface area contributed by atoms with Crippen LogP contribution in [-0.2, 0) is 23.4 Å². The molecule has 4 rings (SSSR count). The van der Waals surface area contributed by atoms with Crippen molar-refractivity contribution in [3.05, 3.63) is 82.0 Å². The summed E-state index contributed by atoms with van der Waals surface area (Å²) in [4.78, 5) is 38.4. The summed E-state index contributed by atoms with van der Waals surface area (Å²) < 4.78 is 0. The van der Waals surface area contributed by atoms with E-state index in [-0.39, 0.29) is 12.1 Å². The lowest BCUT2D eigenvalue weighted by molar-refractivity contribution is -0.151. The Kier molecular flexibility index (Phi) is 4.52. The van der Waals surface area contributed by atoms with Crippen LogP contribution in [0.5, 0.6) is 0 Å². The Hall–Kier alpha value is -3.32. The predicted molar refractivity (Wildman–Crippen MR) is 103 cm³/mol. The number of pyridine rings is 1. The molecule has 3 heterocycles. The average molecular weight is 376 g/mol. The van der Waals surface area contributed by atoms with Crippen LogP contribution in [0, 0.1) is 0 Å². The van der Waals surface area contributed by atoms with E-state index in [9.17, 15) is 14.7 Å². The zero-order valence-electron chi connectivity index (χ0n) is 15.4. The fraction of sp³-hybridized carbons (Fsp3) is 0.238. The first-order valence-electron chi connectivity index (χ1n) is 9.06. The lowest BCUT2D eigenvalue weighted by Crippen LogP contribution is -2.48. The Labute approximate surface area is 161 Å². The van der Waals surface area contributed by atoms with Gasteiger partial charge in [0.25, 0.3) is 11.5 Å². The van der Waals surface area contributed by atoms with Crippen LogP contribution in [-0.4, -0.2) is 37.4 Å². The largest absolute Gasteiger partial charge is 0.376 e. The minimum atomic E-state index is -1.64. The number of carbonyl (C=O) groups excluding carboxylic acids is 1. The fourth-order valence-electron chi connectivity index (χ4n) is 3.45. The van der Waals surface area contributed by atoms with Crippen LogP contribution in [0.4, 0.5) is 0 Å². The Morgan fingerprint density at radius 1 is 1.18 bits per heavy atom. The molecule has 0 unspecified atom stereocenters. The summed E-state index contributed by atoms with van der Waals surface area (Å²) in [5.41, 5.74) is 0.573. The molecule has 0 aliphatic carbocycles. The summed E-state index contributed by atoms with van der Waals surface area (Å²) >= 11 is 0. The maximum atomic E-state index is 13.0. The maximum Gasteiger partial charge on any atom is 0.259 e. The van der Waals surface area contributed by atoms with Crippen LogP contribution in [0.2, 0.25) is 0 Å². The molecule has 2 aromatic heterocycles. The Morgan fingerprint density at radius 3 is 2.61 bits per heavy atom. The zero-order valence-corrected chi connectivity index (χ0v) is 15.4. The van der Waals surface area contributed by atoms with Gasteiger partial charge in [0.05, 0.1) is 12.2 Å². The number of aromatic amines is 1. The van der Waals surface area contributed by atoms with Crippen LogP contribution in [0.1, 0.15) is 23.7 Å². The number of aromatic nitrogens is 3.